The van der Waals surface area contributed by atoms with Gasteiger partial charge in [0.05, 0.1) is 11.1 Å². The van der Waals surface area contributed by atoms with E-state index in [9.17, 15) is 4.79 Å². The lowest BCUT2D eigenvalue weighted by molar-refractivity contribution is -0.149. The molecule has 122 valence electrons. The normalized spacial score (nSPS) is 10.6. The summed E-state index contributed by atoms with van der Waals surface area (Å²) in [5, 5.41) is 5.01. The van der Waals surface area contributed by atoms with E-state index in [1.54, 1.807) is 59.7 Å². The molecule has 2 heterocycles. The van der Waals surface area contributed by atoms with E-state index < -0.39 is 5.97 Å². The fraction of sp³-hybridized carbons (Fsp3) is 0. The van der Waals surface area contributed by atoms with Crippen molar-refractivity contribution in [3.05, 3.63) is 84.8 Å². The van der Waals surface area contributed by atoms with Crippen LogP contribution in [0.1, 0.15) is 10.4 Å². The average molecular weight is 331 g/mol. The average Bonchev–Trinajstić information content (AvgIpc) is 3.20. The van der Waals surface area contributed by atoms with Crippen molar-refractivity contribution in [2.24, 2.45) is 0 Å². The molecule has 0 bridgehead atoms. The van der Waals surface area contributed by atoms with Crippen LogP contribution < -0.4 is 4.89 Å². The van der Waals surface area contributed by atoms with E-state index in [1.165, 1.54) is 0 Å². The van der Waals surface area contributed by atoms with Gasteiger partial charge in [-0.1, -0.05) is 18.2 Å². The topological polar surface area (TPSA) is 66.2 Å². The van der Waals surface area contributed by atoms with Gasteiger partial charge in [0.1, 0.15) is 5.69 Å². The van der Waals surface area contributed by atoms with Gasteiger partial charge in [-0.3, -0.25) is 9.87 Å². The van der Waals surface area contributed by atoms with Gasteiger partial charge in [-0.2, -0.15) is 5.10 Å². The SMILES string of the molecule is O=C(OOc1ccccc1-n1cccn1)c1ccc2ncccc2c1. The first-order valence-corrected chi connectivity index (χ1v) is 7.64. The molecule has 0 saturated carbocycles. The van der Waals surface area contributed by atoms with E-state index in [0.29, 0.717) is 17.0 Å². The van der Waals surface area contributed by atoms with Crippen LogP contribution in [-0.2, 0) is 4.89 Å². The number of hydrogen-bond donors (Lipinski definition) is 0. The van der Waals surface area contributed by atoms with Gasteiger partial charge >= 0.3 is 5.97 Å². The Kier molecular flexibility index (Phi) is 3.84. The van der Waals surface area contributed by atoms with Gasteiger partial charge in [0.25, 0.3) is 0 Å². The van der Waals surface area contributed by atoms with E-state index in [1.807, 2.05) is 24.3 Å². The maximum atomic E-state index is 12.3. The number of fused-ring (bicyclic) bond motifs is 1. The first-order valence-electron chi connectivity index (χ1n) is 7.64. The van der Waals surface area contributed by atoms with Crippen LogP contribution in [0.3, 0.4) is 0 Å². The molecule has 4 rings (SSSR count). The Morgan fingerprint density at radius 1 is 0.960 bits per heavy atom. The zero-order valence-corrected chi connectivity index (χ0v) is 13.1. The minimum atomic E-state index is -0.582. The summed E-state index contributed by atoms with van der Waals surface area (Å²) in [6.07, 6.45) is 5.14. The third kappa shape index (κ3) is 3.05. The minimum absolute atomic E-state index is 0.386. The summed E-state index contributed by atoms with van der Waals surface area (Å²) in [5.41, 5.74) is 1.86. The van der Waals surface area contributed by atoms with Crippen LogP contribution in [0.25, 0.3) is 16.6 Å². The number of pyridine rings is 1. The van der Waals surface area contributed by atoms with Gasteiger partial charge in [-0.05, 0) is 42.5 Å². The van der Waals surface area contributed by atoms with Crippen LogP contribution in [0.15, 0.2) is 79.3 Å². The second-order valence-electron chi connectivity index (χ2n) is 5.28. The van der Waals surface area contributed by atoms with Crippen LogP contribution in [0, 0.1) is 0 Å². The second-order valence-corrected chi connectivity index (χ2v) is 5.28. The van der Waals surface area contributed by atoms with E-state index in [4.69, 9.17) is 9.78 Å². The van der Waals surface area contributed by atoms with Crippen molar-refractivity contribution in [2.45, 2.75) is 0 Å². The van der Waals surface area contributed by atoms with Crippen LogP contribution in [0.5, 0.6) is 5.75 Å². The van der Waals surface area contributed by atoms with Crippen LogP contribution in [0.2, 0.25) is 0 Å². The molecular weight excluding hydrogens is 318 g/mol. The third-order valence-corrected chi connectivity index (χ3v) is 3.66. The molecule has 0 fully saturated rings. The van der Waals surface area contributed by atoms with Crippen molar-refractivity contribution in [1.82, 2.24) is 14.8 Å². The molecule has 0 N–H and O–H groups in total. The molecule has 4 aromatic rings. The van der Waals surface area contributed by atoms with Gasteiger partial charge in [0, 0.05) is 24.0 Å². The van der Waals surface area contributed by atoms with Crippen LogP contribution in [-0.4, -0.2) is 20.7 Å². The van der Waals surface area contributed by atoms with E-state index in [-0.39, 0.29) is 0 Å². The zero-order chi connectivity index (χ0) is 17.1. The number of aromatic nitrogens is 3. The molecule has 0 amide bonds. The summed E-state index contributed by atoms with van der Waals surface area (Å²) < 4.78 is 1.63. The molecule has 0 atom stereocenters. The Labute approximate surface area is 143 Å². The smallest absolute Gasteiger partial charge is 0.284 e. The Hall–Kier alpha value is -3.67. The highest BCUT2D eigenvalue weighted by Gasteiger charge is 2.13. The Morgan fingerprint density at radius 2 is 1.88 bits per heavy atom. The Balaban J connectivity index is 1.54. The summed E-state index contributed by atoms with van der Waals surface area (Å²) >= 11 is 0. The standard InChI is InChI=1S/C19H13N3O3/c23-19(15-8-9-16-14(13-15)5-3-10-20-16)25-24-18-7-2-1-6-17(18)22-12-4-11-21-22/h1-13H. The highest BCUT2D eigenvalue weighted by molar-refractivity contribution is 5.94. The summed E-state index contributed by atoms with van der Waals surface area (Å²) in [6, 6.07) is 17.8. The van der Waals surface area contributed by atoms with E-state index in [0.717, 1.165) is 10.9 Å². The molecule has 6 heteroatoms. The maximum absolute atomic E-state index is 12.3. The lowest BCUT2D eigenvalue weighted by Crippen LogP contribution is -2.10. The molecule has 0 aliphatic rings. The van der Waals surface area contributed by atoms with Crippen LogP contribution >= 0.6 is 0 Å². The summed E-state index contributed by atoms with van der Waals surface area (Å²) in [7, 11) is 0. The number of para-hydroxylation sites is 2. The number of hydrogen-bond acceptors (Lipinski definition) is 5. The summed E-state index contributed by atoms with van der Waals surface area (Å²) in [5.74, 6) is -0.192. The Bertz CT molecular complexity index is 1030. The molecule has 0 saturated heterocycles. The largest absolute Gasteiger partial charge is 0.386 e. The molecular formula is C19H13N3O3. The number of rotatable bonds is 4. The van der Waals surface area contributed by atoms with Crippen molar-refractivity contribution in [2.75, 3.05) is 0 Å². The fourth-order valence-corrected chi connectivity index (χ4v) is 2.46. The van der Waals surface area contributed by atoms with Gasteiger partial charge < -0.3 is 0 Å². The molecule has 2 aromatic heterocycles. The molecule has 0 spiro atoms. The molecule has 0 aliphatic heterocycles. The number of carbonyl (C=O) groups is 1. The molecule has 0 aliphatic carbocycles. The highest BCUT2D eigenvalue weighted by Crippen LogP contribution is 2.22. The second kappa shape index (κ2) is 6.45. The molecule has 25 heavy (non-hydrogen) atoms. The molecule has 2 aromatic carbocycles. The van der Waals surface area contributed by atoms with Gasteiger partial charge in [-0.15, -0.1) is 0 Å². The lowest BCUT2D eigenvalue weighted by Gasteiger charge is -2.09. The highest BCUT2D eigenvalue weighted by atomic mass is 17.2. The van der Waals surface area contributed by atoms with Crippen LogP contribution in [0.4, 0.5) is 0 Å². The summed E-state index contributed by atoms with van der Waals surface area (Å²) in [6.45, 7) is 0. The first kappa shape index (κ1) is 14.9. The van der Waals surface area contributed by atoms with Crippen molar-refractivity contribution < 1.29 is 14.6 Å². The summed E-state index contributed by atoms with van der Waals surface area (Å²) in [4.78, 5) is 26.8. The number of nitrogens with zero attached hydrogens (tertiary/aromatic N) is 3. The monoisotopic (exact) mass is 331 g/mol. The van der Waals surface area contributed by atoms with Gasteiger partial charge in [0.2, 0.25) is 5.75 Å². The zero-order valence-electron chi connectivity index (χ0n) is 13.1. The minimum Gasteiger partial charge on any atom is -0.284 e. The lowest BCUT2D eigenvalue weighted by atomic mass is 10.1. The predicted molar refractivity (Wildman–Crippen MR) is 91.4 cm³/mol. The number of carbonyl (C=O) groups excluding carboxylic acids is 1. The van der Waals surface area contributed by atoms with E-state index in [2.05, 4.69) is 10.1 Å². The van der Waals surface area contributed by atoms with Crippen molar-refractivity contribution >= 4 is 16.9 Å². The van der Waals surface area contributed by atoms with Gasteiger partial charge in [-0.25, -0.2) is 14.4 Å². The third-order valence-electron chi connectivity index (χ3n) is 3.66. The first-order chi connectivity index (χ1) is 12.3. The maximum Gasteiger partial charge on any atom is 0.386 e. The molecule has 6 nitrogen and oxygen atoms in total. The quantitative estimate of drug-likeness (QED) is 0.422. The fourth-order valence-electron chi connectivity index (χ4n) is 2.46. The van der Waals surface area contributed by atoms with Gasteiger partial charge in [0.15, 0.2) is 0 Å². The van der Waals surface area contributed by atoms with Crippen molar-refractivity contribution in [1.29, 1.82) is 0 Å². The molecule has 0 radical (unpaired) electrons. The predicted octanol–water partition coefficient (Wildman–Crippen LogP) is 3.57. The number of benzene rings is 2. The van der Waals surface area contributed by atoms with E-state index >= 15 is 0 Å². The Morgan fingerprint density at radius 3 is 2.76 bits per heavy atom. The van der Waals surface area contributed by atoms with Crippen molar-refractivity contribution in [3.63, 3.8) is 0 Å². The molecule has 0 unspecified atom stereocenters. The van der Waals surface area contributed by atoms with Crippen molar-refractivity contribution in [3.8, 4) is 11.4 Å².